The summed E-state index contributed by atoms with van der Waals surface area (Å²) < 4.78 is 0. The van der Waals surface area contributed by atoms with E-state index in [1.165, 1.54) is 25.1 Å². The number of aliphatic hydroxyl groups excluding tert-OH is 3. The molecule has 0 spiro atoms. The molecule has 0 heterocycles. The molecule has 34 heavy (non-hydrogen) atoms. The van der Waals surface area contributed by atoms with E-state index in [-0.39, 0.29) is 46.3 Å². The van der Waals surface area contributed by atoms with Crippen molar-refractivity contribution in [3.63, 3.8) is 0 Å². The van der Waals surface area contributed by atoms with Gasteiger partial charge in [-0.05, 0) is 31.6 Å². The summed E-state index contributed by atoms with van der Waals surface area (Å²) in [5, 5.41) is 55.0. The number of hydrogen-bond donors (Lipinski definition) is 6. The van der Waals surface area contributed by atoms with Crippen molar-refractivity contribution in [2.75, 3.05) is 14.1 Å². The average Bonchev–Trinajstić information content (AvgIpc) is 2.70. The van der Waals surface area contributed by atoms with E-state index in [1.807, 2.05) is 0 Å². The molecule has 0 radical (unpaired) electrons. The van der Waals surface area contributed by atoms with Gasteiger partial charge in [0, 0.05) is 11.5 Å². The normalized spacial score (nSPS) is 32.4. The second-order valence-corrected chi connectivity index (χ2v) is 8.79. The van der Waals surface area contributed by atoms with Gasteiger partial charge in [0.25, 0.3) is 5.91 Å². The average molecular weight is 486 g/mol. The maximum atomic E-state index is 13.3. The summed E-state index contributed by atoms with van der Waals surface area (Å²) >= 11 is 0. The van der Waals surface area contributed by atoms with Crippen molar-refractivity contribution in [1.82, 2.24) is 4.90 Å². The zero-order valence-corrected chi connectivity index (χ0v) is 18.1. The number of amides is 1. The van der Waals surface area contributed by atoms with Crippen LogP contribution in [0.1, 0.15) is 28.8 Å². The van der Waals surface area contributed by atoms with E-state index in [0.29, 0.717) is 5.56 Å². The molecule has 1 aromatic carbocycles. The second-order valence-electron chi connectivity index (χ2n) is 8.79. The summed E-state index contributed by atoms with van der Waals surface area (Å²) in [6.45, 7) is 1.68. The molecule has 4 rings (SSSR count). The van der Waals surface area contributed by atoms with Gasteiger partial charge in [-0.15, -0.1) is 0 Å². The predicted molar refractivity (Wildman–Crippen MR) is 121 cm³/mol. The number of fused-ring (bicyclic) bond motifs is 3. The maximum absolute atomic E-state index is 13.3. The number of phenolic OH excluding ortho intramolecular Hbond substituents is 1. The Kier molecular flexibility index (Phi) is 7.47. The van der Waals surface area contributed by atoms with Gasteiger partial charge in [-0.1, -0.05) is 19.1 Å². The molecule has 0 saturated carbocycles. The second kappa shape index (κ2) is 9.08. The number of hydrogen-bond acceptors (Lipinski definition) is 9. The number of ketones is 2. The van der Waals surface area contributed by atoms with Crippen LogP contribution >= 0.6 is 0 Å². The molecule has 0 bridgehead atoms. The minimum atomic E-state index is -2.89. The van der Waals surface area contributed by atoms with Crippen LogP contribution in [-0.2, 0) is 9.59 Å². The molecule has 3 aliphatic rings. The van der Waals surface area contributed by atoms with Crippen LogP contribution < -0.4 is 5.73 Å². The molecule has 0 fully saturated rings. The third-order valence-corrected chi connectivity index (χ3v) is 7.00. The van der Waals surface area contributed by atoms with Gasteiger partial charge in [0.15, 0.2) is 11.4 Å². The number of rotatable bonds is 2. The zero-order chi connectivity index (χ0) is 23.9. The summed E-state index contributed by atoms with van der Waals surface area (Å²) in [7, 11) is 2.98. The van der Waals surface area contributed by atoms with Crippen LogP contribution in [0.15, 0.2) is 40.9 Å². The quantitative estimate of drug-likeness (QED) is 0.205. The molecule has 12 heteroatoms. The van der Waals surface area contributed by atoms with Crippen molar-refractivity contribution in [1.29, 1.82) is 0 Å². The molecule has 11 nitrogen and oxygen atoms in total. The van der Waals surface area contributed by atoms with Crippen molar-refractivity contribution >= 4 is 47.0 Å². The fraction of sp³-hybridized carbons (Fsp3) is 0.409. The number of nitrogens with zero attached hydrogens (tertiary/aromatic N) is 1. The number of phenols is 1. The van der Waals surface area contributed by atoms with Crippen molar-refractivity contribution in [2.24, 2.45) is 17.6 Å². The molecular formula is C22H27N2NaO9. The Balaban J connectivity index is 0.00000204. The molecule has 6 atom stereocenters. The summed E-state index contributed by atoms with van der Waals surface area (Å²) in [4.78, 5) is 39.8. The third kappa shape index (κ3) is 3.34. The first-order valence-corrected chi connectivity index (χ1v) is 10.0. The van der Waals surface area contributed by atoms with E-state index in [9.17, 15) is 39.9 Å². The number of aromatic hydroxyl groups is 1. The van der Waals surface area contributed by atoms with Crippen LogP contribution in [-0.4, -0.2) is 115 Å². The monoisotopic (exact) mass is 486 g/mol. The van der Waals surface area contributed by atoms with Gasteiger partial charge < -0.3 is 36.7 Å². The van der Waals surface area contributed by atoms with Crippen molar-refractivity contribution in [2.45, 2.75) is 30.6 Å². The fourth-order valence-corrected chi connectivity index (χ4v) is 5.58. The third-order valence-electron chi connectivity index (χ3n) is 7.00. The van der Waals surface area contributed by atoms with Crippen LogP contribution in [0.2, 0.25) is 0 Å². The number of nitrogens with two attached hydrogens (primary N) is 1. The summed E-state index contributed by atoms with van der Waals surface area (Å²) in [5.41, 5.74) is 1.36. The molecule has 9 N–H and O–H groups in total. The Morgan fingerprint density at radius 3 is 2.26 bits per heavy atom. The topological polar surface area (TPSA) is 213 Å². The van der Waals surface area contributed by atoms with Crippen LogP contribution in [0.25, 0.3) is 0 Å². The van der Waals surface area contributed by atoms with Crippen molar-refractivity contribution in [3.8, 4) is 5.75 Å². The van der Waals surface area contributed by atoms with Gasteiger partial charge in [0.1, 0.15) is 22.8 Å². The molecule has 0 aliphatic heterocycles. The minimum absolute atomic E-state index is 0. The summed E-state index contributed by atoms with van der Waals surface area (Å²) in [6.07, 6.45) is -1.59. The molecule has 180 valence electrons. The van der Waals surface area contributed by atoms with Gasteiger partial charge in [-0.25, -0.2) is 0 Å². The van der Waals surface area contributed by atoms with E-state index < -0.39 is 75.6 Å². The number of aliphatic hydroxyl groups is 4. The van der Waals surface area contributed by atoms with Gasteiger partial charge in [0.05, 0.1) is 23.6 Å². The number of carbonyl (C=O) groups is 3. The van der Waals surface area contributed by atoms with Gasteiger partial charge in [-0.3, -0.25) is 19.3 Å². The Morgan fingerprint density at radius 1 is 1.15 bits per heavy atom. The Labute approximate surface area is 216 Å². The number of primary amides is 1. The summed E-state index contributed by atoms with van der Waals surface area (Å²) in [6, 6.07) is 3.17. The molecule has 3 aliphatic carbocycles. The van der Waals surface area contributed by atoms with Gasteiger partial charge in [0.2, 0.25) is 5.78 Å². The number of carbonyl (C=O) groups excluding carboxylic acids is 3. The zero-order valence-electron chi connectivity index (χ0n) is 18.1. The van der Waals surface area contributed by atoms with E-state index in [2.05, 4.69) is 0 Å². The first-order chi connectivity index (χ1) is 14.9. The van der Waals surface area contributed by atoms with Crippen LogP contribution in [0.5, 0.6) is 5.75 Å². The van der Waals surface area contributed by atoms with E-state index in [1.54, 1.807) is 19.1 Å². The Morgan fingerprint density at radius 2 is 1.74 bits per heavy atom. The Hall–Kier alpha value is -2.25. The predicted octanol–water partition coefficient (Wildman–Crippen LogP) is -1.82. The standard InChI is InChI=1S/C22H24N2O8.Na.H2O.H/c1-7-8-5-4-6-9(25)11(8)16(26)12-10(7)17(27)14-15(24(2)3)18(28)13(21(23)31)20(30)22(14,32)19(12)29;;;/h4-7,10,14-15,17,25,27-29,32H,1-3H3,(H2,23,31);;1H2;/t7-,10+,14+,15-,17-,22-;;;/m0.../s1. The molecule has 0 unspecified atom stereocenters. The fourth-order valence-electron chi connectivity index (χ4n) is 5.58. The molecule has 0 saturated heterocycles. The van der Waals surface area contributed by atoms with Gasteiger partial charge >= 0.3 is 29.6 Å². The van der Waals surface area contributed by atoms with Crippen molar-refractivity contribution in [3.05, 3.63) is 52.0 Å². The van der Waals surface area contributed by atoms with Crippen LogP contribution in [0.3, 0.4) is 0 Å². The number of Topliss-reactive ketones (excluding diaryl/α,β-unsaturated/α-hetero) is 2. The molecule has 0 aromatic heterocycles. The first-order valence-electron chi connectivity index (χ1n) is 10.0. The summed E-state index contributed by atoms with van der Waals surface area (Å²) in [5.74, 6) is -8.86. The number of likely N-dealkylation sites (N-methyl/N-ethyl adjacent to an activating group) is 1. The Bertz CT molecular complexity index is 1150. The first kappa shape index (κ1) is 28.0. The van der Waals surface area contributed by atoms with Crippen molar-refractivity contribution < 1.29 is 45.4 Å². The van der Waals surface area contributed by atoms with Crippen LogP contribution in [0, 0.1) is 11.8 Å². The van der Waals surface area contributed by atoms with E-state index in [4.69, 9.17) is 5.73 Å². The molecular weight excluding hydrogens is 459 g/mol. The van der Waals surface area contributed by atoms with E-state index in [0.717, 1.165) is 0 Å². The number of benzene rings is 1. The molecule has 1 amide bonds. The molecule has 1 aromatic rings. The van der Waals surface area contributed by atoms with Crippen LogP contribution in [0.4, 0.5) is 0 Å². The SMILES string of the molecule is C[C@H]1c2cccc(O)c2C(=O)C2=C(O)[C@]3(O)C(=O)C(C(N)=O)=C(O)[C@@H](N(C)C)[C@@H]3[C@@H](O)[C@@H]21.O.[NaH]. The van der Waals surface area contributed by atoms with E-state index >= 15 is 0 Å². The van der Waals surface area contributed by atoms with Gasteiger partial charge in [-0.2, -0.15) is 0 Å².